The maximum absolute atomic E-state index is 12.0. The largest absolute Gasteiger partial charge is 0.377 e. The summed E-state index contributed by atoms with van der Waals surface area (Å²) in [6.45, 7) is 0.993. The third-order valence-electron chi connectivity index (χ3n) is 2.95. The van der Waals surface area contributed by atoms with Gasteiger partial charge < -0.3 is 4.74 Å². The number of ether oxygens (including phenoxy) is 1. The lowest BCUT2D eigenvalue weighted by atomic mass is 10.2. The first kappa shape index (κ1) is 15.1. The van der Waals surface area contributed by atoms with E-state index < -0.39 is 10.0 Å². The Kier molecular flexibility index (Phi) is 5.09. The van der Waals surface area contributed by atoms with Gasteiger partial charge in [-0.15, -0.1) is 0 Å². The summed E-state index contributed by atoms with van der Waals surface area (Å²) in [4.78, 5) is 0. The molecule has 0 aromatic heterocycles. The number of benzene rings is 1. The summed E-state index contributed by atoms with van der Waals surface area (Å²) in [6.07, 6.45) is 1.83. The summed E-state index contributed by atoms with van der Waals surface area (Å²) in [7, 11) is -3.47. The monoisotopic (exact) mass is 323 g/mol. The molecule has 1 heterocycles. The lowest BCUT2D eigenvalue weighted by Crippen LogP contribution is -2.32. The van der Waals surface area contributed by atoms with E-state index in [1.54, 1.807) is 18.2 Å². The van der Waals surface area contributed by atoms with Crippen LogP contribution in [0.15, 0.2) is 18.2 Å². The zero-order valence-electron chi connectivity index (χ0n) is 10.2. The van der Waals surface area contributed by atoms with Crippen molar-refractivity contribution >= 4 is 33.2 Å². The maximum atomic E-state index is 12.0. The van der Waals surface area contributed by atoms with Crippen LogP contribution in [0.5, 0.6) is 0 Å². The van der Waals surface area contributed by atoms with Crippen molar-refractivity contribution in [1.29, 1.82) is 0 Å². The predicted molar refractivity (Wildman–Crippen MR) is 76.1 cm³/mol. The minimum atomic E-state index is -3.47. The van der Waals surface area contributed by atoms with Crippen LogP contribution >= 0.6 is 23.2 Å². The fourth-order valence-corrected chi connectivity index (χ4v) is 3.86. The van der Waals surface area contributed by atoms with Crippen molar-refractivity contribution in [2.24, 2.45) is 0 Å². The van der Waals surface area contributed by atoms with E-state index in [0.29, 0.717) is 28.8 Å². The van der Waals surface area contributed by atoms with Gasteiger partial charge in [0.1, 0.15) is 0 Å². The van der Waals surface area contributed by atoms with Crippen LogP contribution in [0, 0.1) is 0 Å². The summed E-state index contributed by atoms with van der Waals surface area (Å²) in [5, 5.41) is 0.713. The number of nitrogens with one attached hydrogen (secondary N) is 1. The average Bonchev–Trinajstić information content (AvgIpc) is 2.85. The molecule has 106 valence electrons. The van der Waals surface area contributed by atoms with Gasteiger partial charge >= 0.3 is 0 Å². The molecule has 0 spiro atoms. The van der Waals surface area contributed by atoms with E-state index in [2.05, 4.69) is 4.72 Å². The molecule has 0 aliphatic carbocycles. The fourth-order valence-electron chi connectivity index (χ4n) is 1.94. The van der Waals surface area contributed by atoms with Gasteiger partial charge in [-0.1, -0.05) is 29.3 Å². The van der Waals surface area contributed by atoms with E-state index in [1.165, 1.54) is 0 Å². The van der Waals surface area contributed by atoms with Crippen LogP contribution in [0.2, 0.25) is 10.0 Å². The fraction of sp³-hybridized carbons (Fsp3) is 0.500. The van der Waals surface area contributed by atoms with Gasteiger partial charge in [0.2, 0.25) is 10.0 Å². The number of hydrogen-bond acceptors (Lipinski definition) is 3. The van der Waals surface area contributed by atoms with E-state index in [-0.39, 0.29) is 11.9 Å². The molecule has 1 aliphatic rings. The summed E-state index contributed by atoms with van der Waals surface area (Å²) in [5.74, 6) is -0.224. The number of rotatable bonds is 5. The first-order chi connectivity index (χ1) is 8.98. The highest BCUT2D eigenvalue weighted by Gasteiger charge is 2.20. The van der Waals surface area contributed by atoms with Crippen molar-refractivity contribution < 1.29 is 13.2 Å². The van der Waals surface area contributed by atoms with Crippen molar-refractivity contribution in [2.75, 3.05) is 13.2 Å². The van der Waals surface area contributed by atoms with Crippen molar-refractivity contribution in [3.8, 4) is 0 Å². The summed E-state index contributed by atoms with van der Waals surface area (Å²) in [6, 6.07) is 4.93. The zero-order valence-corrected chi connectivity index (χ0v) is 12.6. The number of sulfonamides is 1. The Hall–Kier alpha value is -0.330. The van der Waals surface area contributed by atoms with Gasteiger partial charge in [0.05, 0.1) is 11.9 Å². The highest BCUT2D eigenvalue weighted by molar-refractivity contribution is 7.88. The van der Waals surface area contributed by atoms with Crippen molar-refractivity contribution in [3.05, 3.63) is 33.8 Å². The molecular formula is C12H15Cl2NO3S. The molecule has 2 rings (SSSR count). The molecule has 1 aromatic rings. The molecule has 0 unspecified atom stereocenters. The Balaban J connectivity index is 2.00. The van der Waals surface area contributed by atoms with Crippen LogP contribution in [-0.2, 0) is 20.5 Å². The predicted octanol–water partition coefficient (Wildman–Crippen LogP) is 2.59. The second-order valence-corrected chi connectivity index (χ2v) is 7.06. The van der Waals surface area contributed by atoms with Gasteiger partial charge in [-0.3, -0.25) is 0 Å². The lowest BCUT2D eigenvalue weighted by molar-refractivity contribution is 0.114. The first-order valence-electron chi connectivity index (χ1n) is 6.00. The van der Waals surface area contributed by atoms with Crippen molar-refractivity contribution in [3.63, 3.8) is 0 Å². The van der Waals surface area contributed by atoms with Gasteiger partial charge in [0.25, 0.3) is 0 Å². The van der Waals surface area contributed by atoms with Gasteiger partial charge in [0, 0.05) is 28.8 Å². The molecule has 0 saturated carbocycles. The Morgan fingerprint density at radius 1 is 1.32 bits per heavy atom. The first-order valence-corrected chi connectivity index (χ1v) is 8.40. The zero-order chi connectivity index (χ0) is 13.9. The van der Waals surface area contributed by atoms with Gasteiger partial charge in [0.15, 0.2) is 0 Å². The molecule has 1 atom stereocenters. The van der Waals surface area contributed by atoms with Gasteiger partial charge in [-0.2, -0.15) is 0 Å². The molecule has 0 bridgehead atoms. The Morgan fingerprint density at radius 3 is 2.58 bits per heavy atom. The summed E-state index contributed by atoms with van der Waals surface area (Å²) < 4.78 is 31.9. The molecule has 0 radical (unpaired) electrons. The lowest BCUT2D eigenvalue weighted by Gasteiger charge is -2.12. The number of hydrogen-bond donors (Lipinski definition) is 1. The van der Waals surface area contributed by atoms with Crippen LogP contribution in [0.4, 0.5) is 0 Å². The van der Waals surface area contributed by atoms with E-state index in [9.17, 15) is 8.42 Å². The molecule has 1 aliphatic heterocycles. The van der Waals surface area contributed by atoms with E-state index in [4.69, 9.17) is 27.9 Å². The quantitative estimate of drug-likeness (QED) is 0.906. The molecule has 1 saturated heterocycles. The van der Waals surface area contributed by atoms with Crippen molar-refractivity contribution in [2.45, 2.75) is 24.7 Å². The normalized spacial score (nSPS) is 19.8. The molecule has 1 N–H and O–H groups in total. The van der Waals surface area contributed by atoms with Gasteiger partial charge in [-0.25, -0.2) is 13.1 Å². The van der Waals surface area contributed by atoms with Crippen LogP contribution in [-0.4, -0.2) is 27.7 Å². The van der Waals surface area contributed by atoms with E-state index >= 15 is 0 Å². The molecule has 0 amide bonds. The summed E-state index contributed by atoms with van der Waals surface area (Å²) >= 11 is 11.9. The van der Waals surface area contributed by atoms with Gasteiger partial charge in [-0.05, 0) is 25.0 Å². The van der Waals surface area contributed by atoms with Crippen molar-refractivity contribution in [1.82, 2.24) is 4.72 Å². The topological polar surface area (TPSA) is 55.4 Å². The molecular weight excluding hydrogens is 309 g/mol. The molecule has 7 heteroatoms. The highest BCUT2D eigenvalue weighted by Crippen LogP contribution is 2.26. The Morgan fingerprint density at radius 2 is 2.00 bits per heavy atom. The Bertz CT molecular complexity index is 522. The minimum Gasteiger partial charge on any atom is -0.377 e. The molecule has 19 heavy (non-hydrogen) atoms. The highest BCUT2D eigenvalue weighted by atomic mass is 35.5. The maximum Gasteiger partial charge on any atom is 0.215 e. The average molecular weight is 324 g/mol. The van der Waals surface area contributed by atoms with E-state index in [1.807, 2.05) is 0 Å². The van der Waals surface area contributed by atoms with Crippen LogP contribution in [0.25, 0.3) is 0 Å². The third kappa shape index (κ3) is 4.33. The van der Waals surface area contributed by atoms with Crippen LogP contribution in [0.1, 0.15) is 18.4 Å². The third-order valence-corrected chi connectivity index (χ3v) is 4.93. The molecule has 1 aromatic carbocycles. The SMILES string of the molecule is O=S(=O)(Cc1c(Cl)cccc1Cl)NC[C@H]1CCCO1. The molecule has 4 nitrogen and oxygen atoms in total. The second kappa shape index (κ2) is 6.41. The number of halogens is 2. The minimum absolute atomic E-state index is 0.0310. The Labute approximate surface area is 123 Å². The van der Waals surface area contributed by atoms with E-state index in [0.717, 1.165) is 12.8 Å². The smallest absolute Gasteiger partial charge is 0.215 e. The second-order valence-electron chi connectivity index (χ2n) is 4.44. The standard InChI is InChI=1S/C12H15Cl2NO3S/c13-11-4-1-5-12(14)10(11)8-19(16,17)15-7-9-3-2-6-18-9/h1,4-5,9,15H,2-3,6-8H2/t9-/m1/s1. The van der Waals surface area contributed by atoms with Crippen LogP contribution < -0.4 is 4.72 Å². The molecule has 1 fully saturated rings. The van der Waals surface area contributed by atoms with Crippen LogP contribution in [0.3, 0.4) is 0 Å². The summed E-state index contributed by atoms with van der Waals surface area (Å²) in [5.41, 5.74) is 0.422.